The van der Waals surface area contributed by atoms with Crippen LogP contribution in [0.1, 0.15) is 32.3 Å². The van der Waals surface area contributed by atoms with E-state index in [1.54, 1.807) is 0 Å². The van der Waals surface area contributed by atoms with Crippen LogP contribution in [0.25, 0.3) is 0 Å². The summed E-state index contributed by atoms with van der Waals surface area (Å²) in [4.78, 5) is 14.6. The second kappa shape index (κ2) is 7.44. The molecule has 1 fully saturated rings. The lowest BCUT2D eigenvalue weighted by Crippen LogP contribution is -2.42. The molecule has 1 aromatic rings. The Morgan fingerprint density at radius 1 is 1.40 bits per heavy atom. The summed E-state index contributed by atoms with van der Waals surface area (Å²) < 4.78 is 0. The van der Waals surface area contributed by atoms with Crippen LogP contribution in [0.3, 0.4) is 0 Å². The minimum absolute atomic E-state index is 0.0753. The fourth-order valence-electron chi connectivity index (χ4n) is 2.96. The van der Waals surface area contributed by atoms with Crippen LogP contribution in [-0.2, 0) is 11.2 Å². The molecular weight excluding hydrogens is 248 g/mol. The molecular formula is C17H26N2O. The molecule has 3 nitrogen and oxygen atoms in total. The Morgan fingerprint density at radius 2 is 2.15 bits per heavy atom. The first-order valence-electron chi connectivity index (χ1n) is 7.77. The van der Waals surface area contributed by atoms with E-state index in [-0.39, 0.29) is 5.92 Å². The van der Waals surface area contributed by atoms with Gasteiger partial charge in [-0.15, -0.1) is 0 Å². The first-order chi connectivity index (χ1) is 9.72. The van der Waals surface area contributed by atoms with Crippen molar-refractivity contribution in [2.24, 2.45) is 5.92 Å². The van der Waals surface area contributed by atoms with Gasteiger partial charge in [0.2, 0.25) is 5.91 Å². The van der Waals surface area contributed by atoms with E-state index in [9.17, 15) is 4.79 Å². The van der Waals surface area contributed by atoms with E-state index in [1.165, 1.54) is 5.56 Å². The van der Waals surface area contributed by atoms with Gasteiger partial charge in [0.05, 0.1) is 0 Å². The highest BCUT2D eigenvalue weighted by molar-refractivity contribution is 5.79. The minimum atomic E-state index is 0.0753. The SMILES string of the molecule is CCNCC(C)C(=O)N1CCCC1Cc1ccccc1. The van der Waals surface area contributed by atoms with Gasteiger partial charge >= 0.3 is 0 Å². The maximum absolute atomic E-state index is 12.5. The average molecular weight is 274 g/mol. The molecule has 20 heavy (non-hydrogen) atoms. The first kappa shape index (κ1) is 15.0. The van der Waals surface area contributed by atoms with Crippen LogP contribution in [0.4, 0.5) is 0 Å². The molecule has 0 spiro atoms. The van der Waals surface area contributed by atoms with Gasteiger partial charge in [-0.1, -0.05) is 44.2 Å². The molecule has 3 heteroatoms. The second-order valence-corrected chi connectivity index (χ2v) is 5.73. The first-order valence-corrected chi connectivity index (χ1v) is 7.77. The van der Waals surface area contributed by atoms with Crippen LogP contribution in [0.5, 0.6) is 0 Å². The van der Waals surface area contributed by atoms with Crippen LogP contribution < -0.4 is 5.32 Å². The van der Waals surface area contributed by atoms with Gasteiger partial charge in [0.15, 0.2) is 0 Å². The van der Waals surface area contributed by atoms with E-state index in [0.717, 1.165) is 38.9 Å². The number of rotatable bonds is 6. The summed E-state index contributed by atoms with van der Waals surface area (Å²) in [5, 5.41) is 3.27. The Balaban J connectivity index is 1.94. The lowest BCUT2D eigenvalue weighted by molar-refractivity contribution is -0.135. The zero-order valence-corrected chi connectivity index (χ0v) is 12.6. The van der Waals surface area contributed by atoms with Crippen molar-refractivity contribution >= 4 is 5.91 Å². The number of likely N-dealkylation sites (tertiary alicyclic amines) is 1. The Kier molecular flexibility index (Phi) is 5.60. The lowest BCUT2D eigenvalue weighted by atomic mass is 10.0. The van der Waals surface area contributed by atoms with Gasteiger partial charge in [0.1, 0.15) is 0 Å². The van der Waals surface area contributed by atoms with E-state index in [1.807, 2.05) is 13.0 Å². The van der Waals surface area contributed by atoms with Crippen molar-refractivity contribution in [3.05, 3.63) is 35.9 Å². The van der Waals surface area contributed by atoms with Crippen molar-refractivity contribution in [2.75, 3.05) is 19.6 Å². The molecule has 0 aliphatic carbocycles. The van der Waals surface area contributed by atoms with Crippen LogP contribution in [0, 0.1) is 5.92 Å². The Hall–Kier alpha value is -1.35. The maximum atomic E-state index is 12.5. The summed E-state index contributed by atoms with van der Waals surface area (Å²) in [6.45, 7) is 6.73. The number of carbonyl (C=O) groups is 1. The second-order valence-electron chi connectivity index (χ2n) is 5.73. The summed E-state index contributed by atoms with van der Waals surface area (Å²) in [5.74, 6) is 0.385. The smallest absolute Gasteiger partial charge is 0.226 e. The van der Waals surface area contributed by atoms with E-state index in [2.05, 4.69) is 41.4 Å². The fraction of sp³-hybridized carbons (Fsp3) is 0.588. The van der Waals surface area contributed by atoms with Gasteiger partial charge in [-0.25, -0.2) is 0 Å². The monoisotopic (exact) mass is 274 g/mol. The number of nitrogens with one attached hydrogen (secondary N) is 1. The largest absolute Gasteiger partial charge is 0.339 e. The zero-order valence-electron chi connectivity index (χ0n) is 12.6. The van der Waals surface area contributed by atoms with Gasteiger partial charge in [-0.05, 0) is 31.4 Å². The number of hydrogen-bond acceptors (Lipinski definition) is 2. The van der Waals surface area contributed by atoms with Crippen LogP contribution in [0.15, 0.2) is 30.3 Å². The Morgan fingerprint density at radius 3 is 2.85 bits per heavy atom. The maximum Gasteiger partial charge on any atom is 0.226 e. The highest BCUT2D eigenvalue weighted by Gasteiger charge is 2.30. The predicted octanol–water partition coefficient (Wildman–Crippen LogP) is 2.47. The van der Waals surface area contributed by atoms with Crippen molar-refractivity contribution in [3.8, 4) is 0 Å². The predicted molar refractivity (Wildman–Crippen MR) is 82.6 cm³/mol. The molecule has 1 aliphatic rings. The topological polar surface area (TPSA) is 32.3 Å². The Labute approximate surface area is 122 Å². The summed E-state index contributed by atoms with van der Waals surface area (Å²) in [5.41, 5.74) is 1.33. The highest BCUT2D eigenvalue weighted by atomic mass is 16.2. The molecule has 110 valence electrons. The summed E-state index contributed by atoms with van der Waals surface area (Å²) >= 11 is 0. The zero-order chi connectivity index (χ0) is 14.4. The number of nitrogens with zero attached hydrogens (tertiary/aromatic N) is 1. The van der Waals surface area contributed by atoms with Crippen LogP contribution >= 0.6 is 0 Å². The van der Waals surface area contributed by atoms with E-state index in [0.29, 0.717) is 11.9 Å². The minimum Gasteiger partial charge on any atom is -0.339 e. The van der Waals surface area contributed by atoms with Gasteiger partial charge in [-0.2, -0.15) is 0 Å². The van der Waals surface area contributed by atoms with Gasteiger partial charge in [0, 0.05) is 25.0 Å². The summed E-state index contributed by atoms with van der Waals surface area (Å²) in [7, 11) is 0. The lowest BCUT2D eigenvalue weighted by Gasteiger charge is -2.28. The normalized spacial score (nSPS) is 20.1. The van der Waals surface area contributed by atoms with Crippen LogP contribution in [0.2, 0.25) is 0 Å². The molecule has 1 amide bonds. The van der Waals surface area contributed by atoms with E-state index in [4.69, 9.17) is 0 Å². The van der Waals surface area contributed by atoms with Crippen molar-refractivity contribution < 1.29 is 4.79 Å². The number of amides is 1. The molecule has 2 atom stereocenters. The number of hydrogen-bond donors (Lipinski definition) is 1. The quantitative estimate of drug-likeness (QED) is 0.864. The van der Waals surface area contributed by atoms with Crippen LogP contribution in [-0.4, -0.2) is 36.5 Å². The molecule has 2 unspecified atom stereocenters. The fourth-order valence-corrected chi connectivity index (χ4v) is 2.96. The summed E-state index contributed by atoms with van der Waals surface area (Å²) in [6.07, 6.45) is 3.26. The molecule has 1 N–H and O–H groups in total. The van der Waals surface area contributed by atoms with Gasteiger partial charge < -0.3 is 10.2 Å². The third-order valence-corrected chi connectivity index (χ3v) is 4.10. The van der Waals surface area contributed by atoms with Crippen molar-refractivity contribution in [1.82, 2.24) is 10.2 Å². The van der Waals surface area contributed by atoms with Crippen molar-refractivity contribution in [2.45, 2.75) is 39.2 Å². The molecule has 1 heterocycles. The molecule has 1 saturated heterocycles. The average Bonchev–Trinajstić information content (AvgIpc) is 2.93. The number of carbonyl (C=O) groups excluding carboxylic acids is 1. The van der Waals surface area contributed by atoms with Crippen molar-refractivity contribution in [3.63, 3.8) is 0 Å². The highest BCUT2D eigenvalue weighted by Crippen LogP contribution is 2.23. The third kappa shape index (κ3) is 3.83. The molecule has 0 aromatic heterocycles. The van der Waals surface area contributed by atoms with E-state index < -0.39 is 0 Å². The number of benzene rings is 1. The van der Waals surface area contributed by atoms with Crippen molar-refractivity contribution in [1.29, 1.82) is 0 Å². The van der Waals surface area contributed by atoms with Gasteiger partial charge in [-0.3, -0.25) is 4.79 Å². The Bertz CT molecular complexity index is 418. The molecule has 0 radical (unpaired) electrons. The molecule has 2 rings (SSSR count). The third-order valence-electron chi connectivity index (χ3n) is 4.10. The molecule has 1 aliphatic heterocycles. The van der Waals surface area contributed by atoms with Gasteiger partial charge in [0.25, 0.3) is 0 Å². The molecule has 1 aromatic carbocycles. The molecule has 0 saturated carbocycles. The summed E-state index contributed by atoms with van der Waals surface area (Å²) in [6, 6.07) is 10.9. The standard InChI is InChI=1S/C17H26N2O/c1-3-18-13-14(2)17(20)19-11-7-10-16(19)12-15-8-5-4-6-9-15/h4-6,8-9,14,16,18H,3,7,10-13H2,1-2H3. The molecule has 0 bridgehead atoms. The van der Waals surface area contributed by atoms with E-state index >= 15 is 0 Å².